The van der Waals surface area contributed by atoms with Crippen molar-refractivity contribution in [2.75, 3.05) is 18.9 Å². The lowest BCUT2D eigenvalue weighted by Gasteiger charge is -2.07. The number of aromatic nitrogens is 2. The number of carbonyl (C=O) groups is 1. The van der Waals surface area contributed by atoms with Gasteiger partial charge in [-0.3, -0.25) is 4.79 Å². The Bertz CT molecular complexity index is 391. The SMILES string of the molecule is CNc1ccc(C(=O)NCCCC(F)(F)F)nn1. The smallest absolute Gasteiger partial charge is 0.372 e. The molecule has 0 spiro atoms. The monoisotopic (exact) mass is 262 g/mol. The van der Waals surface area contributed by atoms with Crippen molar-refractivity contribution in [1.29, 1.82) is 0 Å². The van der Waals surface area contributed by atoms with Gasteiger partial charge in [0.15, 0.2) is 5.69 Å². The summed E-state index contributed by atoms with van der Waals surface area (Å²) < 4.78 is 35.5. The van der Waals surface area contributed by atoms with Crippen molar-refractivity contribution < 1.29 is 18.0 Å². The van der Waals surface area contributed by atoms with E-state index < -0.39 is 18.5 Å². The summed E-state index contributed by atoms with van der Waals surface area (Å²) in [7, 11) is 1.65. The van der Waals surface area contributed by atoms with Gasteiger partial charge in [0.05, 0.1) is 0 Å². The van der Waals surface area contributed by atoms with Crippen LogP contribution in [0.1, 0.15) is 23.3 Å². The Labute approximate surface area is 102 Å². The Kier molecular flexibility index (Phi) is 4.87. The summed E-state index contributed by atoms with van der Waals surface area (Å²) in [6.07, 6.45) is -5.27. The van der Waals surface area contributed by atoms with Gasteiger partial charge in [0.2, 0.25) is 0 Å². The molecule has 8 heteroatoms. The second kappa shape index (κ2) is 6.18. The first-order valence-electron chi connectivity index (χ1n) is 5.29. The number of halogens is 3. The van der Waals surface area contributed by atoms with Crippen LogP contribution in [-0.4, -0.2) is 35.9 Å². The van der Waals surface area contributed by atoms with Crippen LogP contribution >= 0.6 is 0 Å². The molecule has 0 aliphatic carbocycles. The van der Waals surface area contributed by atoms with Gasteiger partial charge in [-0.05, 0) is 18.6 Å². The number of nitrogens with one attached hydrogen (secondary N) is 2. The minimum atomic E-state index is -4.20. The van der Waals surface area contributed by atoms with Gasteiger partial charge in [0.25, 0.3) is 5.91 Å². The van der Waals surface area contributed by atoms with Crippen LogP contribution in [-0.2, 0) is 0 Å². The van der Waals surface area contributed by atoms with E-state index in [0.29, 0.717) is 5.82 Å². The lowest BCUT2D eigenvalue weighted by Crippen LogP contribution is -2.26. The molecule has 0 radical (unpaired) electrons. The molecule has 5 nitrogen and oxygen atoms in total. The van der Waals surface area contributed by atoms with Gasteiger partial charge in [0.1, 0.15) is 5.82 Å². The predicted molar refractivity (Wildman–Crippen MR) is 59.2 cm³/mol. The number of rotatable bonds is 5. The van der Waals surface area contributed by atoms with Gasteiger partial charge in [0, 0.05) is 20.0 Å². The van der Waals surface area contributed by atoms with E-state index in [4.69, 9.17) is 0 Å². The molecule has 0 saturated heterocycles. The molecule has 1 aromatic heterocycles. The number of alkyl halides is 3. The fourth-order valence-corrected chi connectivity index (χ4v) is 1.17. The van der Waals surface area contributed by atoms with E-state index in [-0.39, 0.29) is 18.7 Å². The zero-order chi connectivity index (χ0) is 13.6. The molecule has 0 aliphatic rings. The van der Waals surface area contributed by atoms with E-state index >= 15 is 0 Å². The maximum absolute atomic E-state index is 11.8. The molecule has 100 valence electrons. The Hall–Kier alpha value is -1.86. The second-order valence-corrected chi connectivity index (χ2v) is 3.53. The van der Waals surface area contributed by atoms with Crippen LogP contribution in [0.3, 0.4) is 0 Å². The molecule has 1 heterocycles. The molecular weight excluding hydrogens is 249 g/mol. The number of anilines is 1. The average molecular weight is 262 g/mol. The average Bonchev–Trinajstić information content (AvgIpc) is 2.33. The van der Waals surface area contributed by atoms with Crippen molar-refractivity contribution in [2.45, 2.75) is 19.0 Å². The highest BCUT2D eigenvalue weighted by Gasteiger charge is 2.26. The predicted octanol–water partition coefficient (Wildman–Crippen LogP) is 1.59. The molecule has 18 heavy (non-hydrogen) atoms. The van der Waals surface area contributed by atoms with Gasteiger partial charge in [-0.2, -0.15) is 13.2 Å². The quantitative estimate of drug-likeness (QED) is 0.791. The van der Waals surface area contributed by atoms with Crippen molar-refractivity contribution in [2.24, 2.45) is 0 Å². The molecule has 0 aliphatic heterocycles. The first-order chi connectivity index (χ1) is 8.42. The van der Waals surface area contributed by atoms with E-state index in [1.54, 1.807) is 13.1 Å². The van der Waals surface area contributed by atoms with Crippen LogP contribution in [0.5, 0.6) is 0 Å². The summed E-state index contributed by atoms with van der Waals surface area (Å²) in [6.45, 7) is -0.0478. The van der Waals surface area contributed by atoms with Crippen molar-refractivity contribution in [3.05, 3.63) is 17.8 Å². The standard InChI is InChI=1S/C10H13F3N4O/c1-14-8-4-3-7(16-17-8)9(18)15-6-2-5-10(11,12)13/h3-4H,2,5-6H2,1H3,(H,14,17)(H,15,18). The van der Waals surface area contributed by atoms with Crippen LogP contribution in [0.15, 0.2) is 12.1 Å². The lowest BCUT2D eigenvalue weighted by molar-refractivity contribution is -0.135. The first-order valence-corrected chi connectivity index (χ1v) is 5.29. The van der Waals surface area contributed by atoms with Crippen LogP contribution in [0, 0.1) is 0 Å². The van der Waals surface area contributed by atoms with Gasteiger partial charge in [-0.15, -0.1) is 10.2 Å². The number of amides is 1. The molecule has 1 amide bonds. The van der Waals surface area contributed by atoms with E-state index in [0.717, 1.165) is 0 Å². The zero-order valence-corrected chi connectivity index (χ0v) is 9.71. The van der Waals surface area contributed by atoms with Crippen LogP contribution in [0.25, 0.3) is 0 Å². The Morgan fingerprint density at radius 1 is 1.33 bits per heavy atom. The molecule has 0 saturated carbocycles. The van der Waals surface area contributed by atoms with Crippen LogP contribution < -0.4 is 10.6 Å². The van der Waals surface area contributed by atoms with Crippen LogP contribution in [0.2, 0.25) is 0 Å². The molecular formula is C10H13F3N4O. The Morgan fingerprint density at radius 3 is 2.56 bits per heavy atom. The van der Waals surface area contributed by atoms with Gasteiger partial charge >= 0.3 is 6.18 Å². The van der Waals surface area contributed by atoms with Gasteiger partial charge in [-0.25, -0.2) is 0 Å². The fourth-order valence-electron chi connectivity index (χ4n) is 1.17. The van der Waals surface area contributed by atoms with Crippen molar-refractivity contribution >= 4 is 11.7 Å². The Morgan fingerprint density at radius 2 is 2.06 bits per heavy atom. The van der Waals surface area contributed by atoms with Crippen molar-refractivity contribution in [3.63, 3.8) is 0 Å². The number of hydrogen-bond donors (Lipinski definition) is 2. The maximum Gasteiger partial charge on any atom is 0.389 e. The number of hydrogen-bond acceptors (Lipinski definition) is 4. The largest absolute Gasteiger partial charge is 0.389 e. The van der Waals surface area contributed by atoms with Gasteiger partial charge in [-0.1, -0.05) is 0 Å². The highest BCUT2D eigenvalue weighted by molar-refractivity contribution is 5.92. The number of nitrogens with zero attached hydrogens (tertiary/aromatic N) is 2. The normalized spacial score (nSPS) is 11.1. The van der Waals surface area contributed by atoms with Gasteiger partial charge < -0.3 is 10.6 Å². The fraction of sp³-hybridized carbons (Fsp3) is 0.500. The molecule has 0 atom stereocenters. The van der Waals surface area contributed by atoms with E-state index in [2.05, 4.69) is 20.8 Å². The van der Waals surface area contributed by atoms with Crippen molar-refractivity contribution in [1.82, 2.24) is 15.5 Å². The summed E-state index contributed by atoms with van der Waals surface area (Å²) in [4.78, 5) is 11.5. The molecule has 0 aromatic carbocycles. The summed E-state index contributed by atoms with van der Waals surface area (Å²) >= 11 is 0. The van der Waals surface area contributed by atoms with Crippen LogP contribution in [0.4, 0.5) is 19.0 Å². The summed E-state index contributed by atoms with van der Waals surface area (Å²) in [5.74, 6) is -0.0315. The van der Waals surface area contributed by atoms with E-state index in [9.17, 15) is 18.0 Å². The third-order valence-electron chi connectivity index (χ3n) is 2.08. The first kappa shape index (κ1) is 14.2. The van der Waals surface area contributed by atoms with E-state index in [1.165, 1.54) is 6.07 Å². The minimum absolute atomic E-state index is 0.0478. The third-order valence-corrected chi connectivity index (χ3v) is 2.08. The molecule has 2 N–H and O–H groups in total. The highest BCUT2D eigenvalue weighted by atomic mass is 19.4. The molecule has 0 unspecified atom stereocenters. The Balaban J connectivity index is 2.36. The maximum atomic E-state index is 11.8. The second-order valence-electron chi connectivity index (χ2n) is 3.53. The highest BCUT2D eigenvalue weighted by Crippen LogP contribution is 2.20. The molecule has 0 bridgehead atoms. The third kappa shape index (κ3) is 4.98. The summed E-state index contributed by atoms with van der Waals surface area (Å²) in [5, 5.41) is 12.4. The molecule has 1 aromatic rings. The lowest BCUT2D eigenvalue weighted by atomic mass is 10.3. The molecule has 0 fully saturated rings. The molecule has 1 rings (SSSR count). The zero-order valence-electron chi connectivity index (χ0n) is 9.71. The summed E-state index contributed by atoms with van der Waals surface area (Å²) in [6, 6.07) is 3.00. The topological polar surface area (TPSA) is 66.9 Å². The number of carbonyl (C=O) groups excluding carboxylic acids is 1. The summed E-state index contributed by atoms with van der Waals surface area (Å²) in [5.41, 5.74) is 0.0704. The van der Waals surface area contributed by atoms with Crippen molar-refractivity contribution in [3.8, 4) is 0 Å². The minimum Gasteiger partial charge on any atom is -0.372 e. The van der Waals surface area contributed by atoms with E-state index in [1.807, 2.05) is 0 Å².